The molecule has 0 unspecified atom stereocenters. The molecule has 3 rings (SSSR count). The zero-order valence-electron chi connectivity index (χ0n) is 11.4. The second-order valence-electron chi connectivity index (χ2n) is 5.40. The van der Waals surface area contributed by atoms with Crippen molar-refractivity contribution in [3.8, 4) is 0 Å². The smallest absolute Gasteiger partial charge is 0.153 e. The number of rotatable bonds is 4. The van der Waals surface area contributed by atoms with Crippen molar-refractivity contribution in [2.45, 2.75) is 25.3 Å². The Hall–Kier alpha value is -1.30. The fraction of sp³-hybridized carbons (Fsp3) is 0.467. The van der Waals surface area contributed by atoms with Gasteiger partial charge in [-0.3, -0.25) is 9.69 Å². The molecule has 1 aromatic carbocycles. The van der Waals surface area contributed by atoms with Gasteiger partial charge < -0.3 is 5.73 Å². The summed E-state index contributed by atoms with van der Waals surface area (Å²) >= 11 is 1.62. The Balaban J connectivity index is 1.58. The predicted octanol–water partition coefficient (Wildman–Crippen LogP) is 1.83. The van der Waals surface area contributed by atoms with Crippen LogP contribution in [0, 0.1) is 0 Å². The summed E-state index contributed by atoms with van der Waals surface area (Å²) < 4.78 is 1.15. The number of benzene rings is 1. The van der Waals surface area contributed by atoms with Crippen LogP contribution in [0.4, 0.5) is 0 Å². The maximum absolute atomic E-state index is 12.1. The van der Waals surface area contributed by atoms with Crippen LogP contribution < -0.4 is 5.73 Å². The second-order valence-corrected chi connectivity index (χ2v) is 6.52. The van der Waals surface area contributed by atoms with Crippen molar-refractivity contribution in [2.24, 2.45) is 5.73 Å². The van der Waals surface area contributed by atoms with Gasteiger partial charge in [-0.2, -0.15) is 0 Å². The minimum atomic E-state index is 0.250. The van der Waals surface area contributed by atoms with Crippen molar-refractivity contribution in [1.82, 2.24) is 9.88 Å². The van der Waals surface area contributed by atoms with Gasteiger partial charge in [0.1, 0.15) is 5.01 Å². The lowest BCUT2D eigenvalue weighted by Gasteiger charge is -2.29. The van der Waals surface area contributed by atoms with Crippen molar-refractivity contribution in [3.63, 3.8) is 0 Å². The van der Waals surface area contributed by atoms with E-state index in [0.29, 0.717) is 19.0 Å². The van der Waals surface area contributed by atoms with Crippen LogP contribution in [-0.4, -0.2) is 41.3 Å². The molecule has 106 valence electrons. The molecule has 1 aromatic heterocycles. The third-order valence-corrected chi connectivity index (χ3v) is 4.76. The van der Waals surface area contributed by atoms with Gasteiger partial charge in [0, 0.05) is 19.1 Å². The van der Waals surface area contributed by atoms with Gasteiger partial charge in [0.2, 0.25) is 0 Å². The molecule has 0 spiro atoms. The average molecular weight is 289 g/mol. The second kappa shape index (κ2) is 5.99. The van der Waals surface area contributed by atoms with Crippen LogP contribution in [0.15, 0.2) is 24.3 Å². The SMILES string of the molecule is NC1CCN(CC(=O)Cc2nc3ccccc3s2)CC1. The molecule has 2 heterocycles. The number of likely N-dealkylation sites (tertiary alicyclic amines) is 1. The normalized spacial score (nSPS) is 17.6. The van der Waals surface area contributed by atoms with Gasteiger partial charge >= 0.3 is 0 Å². The molecule has 1 fully saturated rings. The summed E-state index contributed by atoms with van der Waals surface area (Å²) in [7, 11) is 0. The average Bonchev–Trinajstić information content (AvgIpc) is 2.83. The monoisotopic (exact) mass is 289 g/mol. The van der Waals surface area contributed by atoms with Crippen molar-refractivity contribution in [1.29, 1.82) is 0 Å². The van der Waals surface area contributed by atoms with E-state index in [0.717, 1.165) is 41.2 Å². The Bertz CT molecular complexity index is 569. The summed E-state index contributed by atoms with van der Waals surface area (Å²) in [6.45, 7) is 2.40. The molecule has 1 saturated heterocycles. The fourth-order valence-corrected chi connectivity index (χ4v) is 3.58. The molecule has 2 aromatic rings. The lowest BCUT2D eigenvalue weighted by Crippen LogP contribution is -2.42. The molecule has 5 heteroatoms. The van der Waals surface area contributed by atoms with Crippen LogP contribution in [0.25, 0.3) is 10.2 Å². The number of carbonyl (C=O) groups excluding carboxylic acids is 1. The molecule has 0 radical (unpaired) electrons. The van der Waals surface area contributed by atoms with Crippen LogP contribution >= 0.6 is 11.3 Å². The number of carbonyl (C=O) groups is 1. The van der Waals surface area contributed by atoms with Crippen molar-refractivity contribution < 1.29 is 4.79 Å². The third kappa shape index (κ3) is 3.23. The Morgan fingerprint density at radius 2 is 2.10 bits per heavy atom. The number of Topliss-reactive ketones (excluding diaryl/α,β-unsaturated/α-hetero) is 1. The van der Waals surface area contributed by atoms with Gasteiger partial charge in [-0.15, -0.1) is 11.3 Å². The van der Waals surface area contributed by atoms with E-state index in [1.54, 1.807) is 11.3 Å². The van der Waals surface area contributed by atoms with Gasteiger partial charge in [-0.05, 0) is 25.0 Å². The van der Waals surface area contributed by atoms with Gasteiger partial charge in [0.05, 0.1) is 23.2 Å². The number of para-hydroxylation sites is 1. The summed E-state index contributed by atoms with van der Waals surface area (Å²) in [6.07, 6.45) is 2.44. The molecular formula is C15H19N3OS. The zero-order valence-corrected chi connectivity index (χ0v) is 12.2. The minimum absolute atomic E-state index is 0.250. The van der Waals surface area contributed by atoms with E-state index in [-0.39, 0.29) is 5.78 Å². The molecular weight excluding hydrogens is 270 g/mol. The first kappa shape index (κ1) is 13.7. The van der Waals surface area contributed by atoms with E-state index in [1.807, 2.05) is 24.3 Å². The van der Waals surface area contributed by atoms with E-state index >= 15 is 0 Å². The summed E-state index contributed by atoms with van der Waals surface area (Å²) in [6, 6.07) is 8.33. The molecule has 0 saturated carbocycles. The molecule has 20 heavy (non-hydrogen) atoms. The fourth-order valence-electron chi connectivity index (χ4n) is 2.58. The van der Waals surface area contributed by atoms with Crippen LogP contribution in [0.3, 0.4) is 0 Å². The number of nitrogens with two attached hydrogens (primary N) is 1. The van der Waals surface area contributed by atoms with Crippen LogP contribution in [0.5, 0.6) is 0 Å². The number of fused-ring (bicyclic) bond motifs is 1. The molecule has 0 bridgehead atoms. The lowest BCUT2D eigenvalue weighted by molar-refractivity contribution is -0.119. The van der Waals surface area contributed by atoms with Crippen LogP contribution in [-0.2, 0) is 11.2 Å². The summed E-state index contributed by atoms with van der Waals surface area (Å²) in [5.74, 6) is 0.250. The van der Waals surface area contributed by atoms with E-state index in [2.05, 4.69) is 9.88 Å². The molecule has 0 amide bonds. The minimum Gasteiger partial charge on any atom is -0.328 e. The first-order valence-corrected chi connectivity index (χ1v) is 7.86. The van der Waals surface area contributed by atoms with E-state index in [9.17, 15) is 4.79 Å². The highest BCUT2D eigenvalue weighted by atomic mass is 32.1. The number of aromatic nitrogens is 1. The molecule has 0 atom stereocenters. The molecule has 4 nitrogen and oxygen atoms in total. The quantitative estimate of drug-likeness (QED) is 0.933. The molecule has 2 N–H and O–H groups in total. The Morgan fingerprint density at radius 1 is 1.35 bits per heavy atom. The highest BCUT2D eigenvalue weighted by Crippen LogP contribution is 2.22. The zero-order chi connectivity index (χ0) is 13.9. The van der Waals surface area contributed by atoms with E-state index in [1.165, 1.54) is 0 Å². The first-order valence-electron chi connectivity index (χ1n) is 7.05. The topological polar surface area (TPSA) is 59.2 Å². The Labute approximate surface area is 122 Å². The molecule has 0 aliphatic carbocycles. The number of nitrogens with zero attached hydrogens (tertiary/aromatic N) is 2. The Kier molecular flexibility index (Phi) is 4.10. The number of hydrogen-bond acceptors (Lipinski definition) is 5. The summed E-state index contributed by atoms with van der Waals surface area (Å²) in [5.41, 5.74) is 6.86. The van der Waals surface area contributed by atoms with Crippen LogP contribution in [0.1, 0.15) is 17.8 Å². The molecule has 1 aliphatic rings. The number of piperidine rings is 1. The number of hydrogen-bond donors (Lipinski definition) is 1. The largest absolute Gasteiger partial charge is 0.328 e. The van der Waals surface area contributed by atoms with E-state index in [4.69, 9.17) is 5.73 Å². The van der Waals surface area contributed by atoms with E-state index < -0.39 is 0 Å². The van der Waals surface area contributed by atoms with Crippen molar-refractivity contribution in [2.75, 3.05) is 19.6 Å². The molecule has 1 aliphatic heterocycles. The highest BCUT2D eigenvalue weighted by molar-refractivity contribution is 7.18. The van der Waals surface area contributed by atoms with Crippen molar-refractivity contribution in [3.05, 3.63) is 29.3 Å². The first-order chi connectivity index (χ1) is 9.70. The van der Waals surface area contributed by atoms with Gasteiger partial charge in [-0.25, -0.2) is 4.98 Å². The lowest BCUT2D eigenvalue weighted by atomic mass is 10.1. The predicted molar refractivity (Wildman–Crippen MR) is 82.0 cm³/mol. The van der Waals surface area contributed by atoms with Gasteiger partial charge in [0.25, 0.3) is 0 Å². The summed E-state index contributed by atoms with van der Waals surface area (Å²) in [5, 5.41) is 0.921. The third-order valence-electron chi connectivity index (χ3n) is 3.72. The Morgan fingerprint density at radius 3 is 2.85 bits per heavy atom. The van der Waals surface area contributed by atoms with Crippen LogP contribution in [0.2, 0.25) is 0 Å². The maximum atomic E-state index is 12.1. The number of ketones is 1. The summed E-state index contributed by atoms with van der Waals surface area (Å²) in [4.78, 5) is 18.9. The van der Waals surface area contributed by atoms with Crippen molar-refractivity contribution >= 4 is 27.3 Å². The van der Waals surface area contributed by atoms with Gasteiger partial charge in [-0.1, -0.05) is 12.1 Å². The standard InChI is InChI=1S/C15H19N3OS/c16-11-5-7-18(8-6-11)10-12(19)9-15-17-13-3-1-2-4-14(13)20-15/h1-4,11H,5-10,16H2. The maximum Gasteiger partial charge on any atom is 0.153 e. The highest BCUT2D eigenvalue weighted by Gasteiger charge is 2.19. The van der Waals surface area contributed by atoms with Gasteiger partial charge in [0.15, 0.2) is 5.78 Å². The number of thiazole rings is 1.